The van der Waals surface area contributed by atoms with Gasteiger partial charge < -0.3 is 4.42 Å². The summed E-state index contributed by atoms with van der Waals surface area (Å²) in [7, 11) is 0. The molecule has 2 heterocycles. The second-order valence-corrected chi connectivity index (χ2v) is 6.45. The van der Waals surface area contributed by atoms with Crippen molar-refractivity contribution < 1.29 is 14.0 Å². The van der Waals surface area contributed by atoms with Crippen LogP contribution in [0.25, 0.3) is 21.9 Å². The zero-order chi connectivity index (χ0) is 16.3. The van der Waals surface area contributed by atoms with Crippen LogP contribution >= 0.6 is 0 Å². The molecule has 4 nitrogen and oxygen atoms in total. The Morgan fingerprint density at radius 3 is 2.25 bits per heavy atom. The molecular weight excluding hydrogens is 302 g/mol. The second-order valence-electron chi connectivity index (χ2n) is 6.45. The number of para-hydroxylation sites is 1. The molecule has 0 bridgehead atoms. The number of imide groups is 1. The summed E-state index contributed by atoms with van der Waals surface area (Å²) < 4.78 is 5.88. The fourth-order valence-electron chi connectivity index (χ4n) is 3.91. The second kappa shape index (κ2) is 4.81. The quantitative estimate of drug-likeness (QED) is 0.503. The predicted octanol–water partition coefficient (Wildman–Crippen LogP) is 4.04. The van der Waals surface area contributed by atoms with Crippen molar-refractivity contribution in [2.45, 2.75) is 12.8 Å². The summed E-state index contributed by atoms with van der Waals surface area (Å²) in [5.41, 5.74) is 2.11. The number of amides is 2. The summed E-state index contributed by atoms with van der Waals surface area (Å²) in [5.74, 6) is -0.614. The Labute approximate surface area is 138 Å². The average molecular weight is 317 g/mol. The minimum Gasteiger partial charge on any atom is -0.456 e. The number of nitrogens with zero attached hydrogens (tertiary/aromatic N) is 1. The van der Waals surface area contributed by atoms with E-state index >= 15 is 0 Å². The van der Waals surface area contributed by atoms with E-state index in [2.05, 4.69) is 0 Å². The number of hydrogen-bond donors (Lipinski definition) is 0. The lowest BCUT2D eigenvalue weighted by Crippen LogP contribution is -2.30. The van der Waals surface area contributed by atoms with Gasteiger partial charge in [-0.15, -0.1) is 0 Å². The lowest BCUT2D eigenvalue weighted by Gasteiger charge is -2.14. The maximum Gasteiger partial charge on any atom is 0.238 e. The molecule has 0 spiro atoms. The number of hydrogen-bond acceptors (Lipinski definition) is 3. The normalized spacial score (nSPS) is 23.4. The molecule has 2 amide bonds. The Balaban J connectivity index is 1.63. The Morgan fingerprint density at radius 1 is 0.833 bits per heavy atom. The molecule has 24 heavy (non-hydrogen) atoms. The maximum atomic E-state index is 12.7. The monoisotopic (exact) mass is 317 g/mol. The highest BCUT2D eigenvalue weighted by molar-refractivity contribution is 6.23. The molecule has 1 aromatic heterocycles. The van der Waals surface area contributed by atoms with Crippen LogP contribution in [0.3, 0.4) is 0 Å². The minimum absolute atomic E-state index is 0.0928. The Kier molecular flexibility index (Phi) is 2.71. The van der Waals surface area contributed by atoms with Gasteiger partial charge in [0.1, 0.15) is 11.2 Å². The SMILES string of the molecule is O=C1[C@@H]2CC=CC[C@H]2C(=O)N1c1ccc2c(c1)oc1ccccc12. The van der Waals surface area contributed by atoms with Gasteiger partial charge in [0.2, 0.25) is 11.8 Å². The lowest BCUT2D eigenvalue weighted by atomic mass is 9.85. The molecule has 0 radical (unpaired) electrons. The van der Waals surface area contributed by atoms with Crippen molar-refractivity contribution in [2.75, 3.05) is 4.90 Å². The summed E-state index contributed by atoms with van der Waals surface area (Å²) in [6.45, 7) is 0. The van der Waals surface area contributed by atoms with Crippen LogP contribution in [0.5, 0.6) is 0 Å². The summed E-state index contributed by atoms with van der Waals surface area (Å²) in [6.07, 6.45) is 5.30. The molecular formula is C20H15NO3. The van der Waals surface area contributed by atoms with Crippen molar-refractivity contribution in [1.82, 2.24) is 0 Å². The van der Waals surface area contributed by atoms with E-state index in [1.54, 1.807) is 6.07 Å². The molecule has 0 unspecified atom stereocenters. The van der Waals surface area contributed by atoms with E-state index in [1.165, 1.54) is 4.90 Å². The molecule has 1 saturated heterocycles. The molecule has 118 valence electrons. The molecule has 0 saturated carbocycles. The number of benzene rings is 2. The van der Waals surface area contributed by atoms with Crippen molar-refractivity contribution in [2.24, 2.45) is 11.8 Å². The highest BCUT2D eigenvalue weighted by atomic mass is 16.3. The zero-order valence-corrected chi connectivity index (χ0v) is 12.9. The highest BCUT2D eigenvalue weighted by Gasteiger charge is 2.47. The number of carbonyl (C=O) groups is 2. The zero-order valence-electron chi connectivity index (χ0n) is 12.9. The Hall–Kier alpha value is -2.88. The van der Waals surface area contributed by atoms with Crippen LogP contribution in [0.1, 0.15) is 12.8 Å². The molecule has 3 aromatic rings. The summed E-state index contributed by atoms with van der Waals surface area (Å²) >= 11 is 0. The molecule has 1 aliphatic heterocycles. The third-order valence-electron chi connectivity index (χ3n) is 5.13. The molecule has 1 aliphatic carbocycles. The number of furan rings is 1. The van der Waals surface area contributed by atoms with E-state index in [-0.39, 0.29) is 23.7 Å². The van der Waals surface area contributed by atoms with E-state index in [0.717, 1.165) is 16.4 Å². The van der Waals surface area contributed by atoms with Gasteiger partial charge in [-0.2, -0.15) is 0 Å². The molecule has 5 rings (SSSR count). The van der Waals surface area contributed by atoms with E-state index in [0.29, 0.717) is 24.1 Å². The fourth-order valence-corrected chi connectivity index (χ4v) is 3.91. The summed E-state index contributed by atoms with van der Waals surface area (Å²) in [4.78, 5) is 26.7. The number of anilines is 1. The Bertz CT molecular complexity index is 1000. The third-order valence-corrected chi connectivity index (χ3v) is 5.13. The molecule has 2 aliphatic rings. The first-order valence-electron chi connectivity index (χ1n) is 8.18. The first-order chi connectivity index (χ1) is 11.7. The van der Waals surface area contributed by atoms with E-state index in [1.807, 2.05) is 48.6 Å². The number of fused-ring (bicyclic) bond motifs is 4. The van der Waals surface area contributed by atoms with Gasteiger partial charge in [0, 0.05) is 16.8 Å². The maximum absolute atomic E-state index is 12.7. The summed E-state index contributed by atoms with van der Waals surface area (Å²) in [5, 5.41) is 2.03. The van der Waals surface area contributed by atoms with E-state index in [4.69, 9.17) is 4.42 Å². The first-order valence-corrected chi connectivity index (χ1v) is 8.18. The number of rotatable bonds is 1. The van der Waals surface area contributed by atoms with Crippen LogP contribution in [0.15, 0.2) is 59.0 Å². The topological polar surface area (TPSA) is 50.5 Å². The van der Waals surface area contributed by atoms with Crippen LogP contribution in [0.2, 0.25) is 0 Å². The number of allylic oxidation sites excluding steroid dienone is 2. The first kappa shape index (κ1) is 13.5. The largest absolute Gasteiger partial charge is 0.456 e. The van der Waals surface area contributed by atoms with Crippen LogP contribution in [-0.2, 0) is 9.59 Å². The average Bonchev–Trinajstić information content (AvgIpc) is 3.10. The van der Waals surface area contributed by atoms with Crippen molar-refractivity contribution in [1.29, 1.82) is 0 Å². The molecule has 0 N–H and O–H groups in total. The van der Waals surface area contributed by atoms with Gasteiger partial charge in [0.05, 0.1) is 17.5 Å². The van der Waals surface area contributed by atoms with Crippen molar-refractivity contribution in [3.8, 4) is 0 Å². The molecule has 2 atom stereocenters. The van der Waals surface area contributed by atoms with E-state index < -0.39 is 0 Å². The molecule has 1 fully saturated rings. The fraction of sp³-hybridized carbons (Fsp3) is 0.200. The smallest absolute Gasteiger partial charge is 0.238 e. The van der Waals surface area contributed by atoms with Gasteiger partial charge in [-0.05, 0) is 31.0 Å². The van der Waals surface area contributed by atoms with Gasteiger partial charge >= 0.3 is 0 Å². The van der Waals surface area contributed by atoms with Crippen molar-refractivity contribution in [3.63, 3.8) is 0 Å². The molecule has 2 aromatic carbocycles. The minimum atomic E-state index is -0.214. The van der Waals surface area contributed by atoms with Gasteiger partial charge in [0.25, 0.3) is 0 Å². The Morgan fingerprint density at radius 2 is 1.50 bits per heavy atom. The van der Waals surface area contributed by atoms with Crippen LogP contribution in [-0.4, -0.2) is 11.8 Å². The third kappa shape index (κ3) is 1.74. The van der Waals surface area contributed by atoms with Gasteiger partial charge in [0.15, 0.2) is 0 Å². The van der Waals surface area contributed by atoms with Gasteiger partial charge in [-0.3, -0.25) is 9.59 Å². The molecule has 4 heteroatoms. The van der Waals surface area contributed by atoms with Crippen molar-refractivity contribution in [3.05, 3.63) is 54.6 Å². The van der Waals surface area contributed by atoms with Gasteiger partial charge in [-0.25, -0.2) is 4.90 Å². The standard InChI is InChI=1S/C20H15NO3/c22-19-15-6-1-2-7-16(15)20(23)21(19)12-9-10-14-13-5-3-4-8-17(13)24-18(14)11-12/h1-5,8-11,15-16H,6-7H2/t15-,16-/m1/s1. The van der Waals surface area contributed by atoms with Crippen LogP contribution < -0.4 is 4.90 Å². The highest BCUT2D eigenvalue weighted by Crippen LogP contribution is 2.39. The predicted molar refractivity (Wildman–Crippen MR) is 91.6 cm³/mol. The summed E-state index contributed by atoms with van der Waals surface area (Å²) in [6, 6.07) is 13.4. The van der Waals surface area contributed by atoms with Crippen LogP contribution in [0, 0.1) is 11.8 Å². The van der Waals surface area contributed by atoms with E-state index in [9.17, 15) is 9.59 Å². The van der Waals surface area contributed by atoms with Crippen LogP contribution in [0.4, 0.5) is 5.69 Å². The van der Waals surface area contributed by atoms with Gasteiger partial charge in [-0.1, -0.05) is 30.4 Å². The van der Waals surface area contributed by atoms with Crippen molar-refractivity contribution >= 4 is 39.4 Å². The lowest BCUT2D eigenvalue weighted by molar-refractivity contribution is -0.122. The number of carbonyl (C=O) groups excluding carboxylic acids is 2.